The number of carbonyl (C=O) groups excluding carboxylic acids is 1. The summed E-state index contributed by atoms with van der Waals surface area (Å²) in [6.07, 6.45) is 3.75. The van der Waals surface area contributed by atoms with E-state index in [0.717, 1.165) is 5.56 Å². The Hall–Kier alpha value is -1.44. The van der Waals surface area contributed by atoms with Gasteiger partial charge in [-0.3, -0.25) is 9.78 Å². The zero-order valence-corrected chi connectivity index (χ0v) is 7.08. The predicted molar refractivity (Wildman–Crippen MR) is 48.9 cm³/mol. The van der Waals surface area contributed by atoms with Crippen molar-refractivity contribution in [2.24, 2.45) is 0 Å². The number of nitrogens with zero attached hydrogens (tertiary/aromatic N) is 1. The van der Waals surface area contributed by atoms with E-state index in [0.29, 0.717) is 12.1 Å². The van der Waals surface area contributed by atoms with Crippen molar-refractivity contribution in [1.29, 1.82) is 0 Å². The minimum atomic E-state index is 0.0606. The minimum absolute atomic E-state index is 0.0606. The van der Waals surface area contributed by atoms with Crippen molar-refractivity contribution in [3.63, 3.8) is 0 Å². The van der Waals surface area contributed by atoms with E-state index in [1.54, 1.807) is 18.3 Å². The number of aromatic nitrogens is 1. The van der Waals surface area contributed by atoms with E-state index in [4.69, 9.17) is 0 Å². The van der Waals surface area contributed by atoms with Gasteiger partial charge in [0.1, 0.15) is 5.69 Å². The molecule has 0 saturated carbocycles. The van der Waals surface area contributed by atoms with Crippen LogP contribution >= 0.6 is 0 Å². The van der Waals surface area contributed by atoms with E-state index in [1.807, 2.05) is 13.0 Å². The molecule has 12 heavy (non-hydrogen) atoms. The maximum atomic E-state index is 11.3. The zero-order valence-electron chi connectivity index (χ0n) is 7.08. The molecule has 0 bridgehead atoms. The van der Waals surface area contributed by atoms with Gasteiger partial charge in [0.25, 0.3) is 0 Å². The van der Waals surface area contributed by atoms with Crippen LogP contribution in [0.1, 0.15) is 29.4 Å². The third-order valence-corrected chi connectivity index (χ3v) is 1.64. The number of ketones is 1. The van der Waals surface area contributed by atoms with Gasteiger partial charge in [0.15, 0.2) is 5.78 Å². The van der Waals surface area contributed by atoms with Gasteiger partial charge in [-0.05, 0) is 6.07 Å². The zero-order chi connectivity index (χ0) is 8.97. The van der Waals surface area contributed by atoms with Crippen molar-refractivity contribution in [1.82, 2.24) is 4.98 Å². The summed E-state index contributed by atoms with van der Waals surface area (Å²) in [5, 5.41) is 0. The molecule has 1 rings (SSSR count). The Morgan fingerprint density at radius 2 is 2.50 bits per heavy atom. The van der Waals surface area contributed by atoms with Gasteiger partial charge >= 0.3 is 0 Å². The average molecular weight is 161 g/mol. The SMILES string of the molecule is C=Cc1cccnc1C(=O)CC. The molecule has 62 valence electrons. The highest BCUT2D eigenvalue weighted by atomic mass is 16.1. The fraction of sp³-hybridized carbons (Fsp3) is 0.200. The first-order valence-corrected chi connectivity index (χ1v) is 3.90. The van der Waals surface area contributed by atoms with Crippen LogP contribution in [-0.2, 0) is 0 Å². The Balaban J connectivity index is 3.13. The van der Waals surface area contributed by atoms with Crippen molar-refractivity contribution >= 4 is 11.9 Å². The summed E-state index contributed by atoms with van der Waals surface area (Å²) in [6, 6.07) is 3.63. The summed E-state index contributed by atoms with van der Waals surface area (Å²) in [5.41, 5.74) is 1.33. The maximum absolute atomic E-state index is 11.3. The Kier molecular flexibility index (Phi) is 2.75. The molecule has 0 aliphatic carbocycles. The standard InChI is InChI=1S/C10H11NO/c1-3-8-6-5-7-11-10(8)9(12)4-2/h3,5-7H,1,4H2,2H3. The van der Waals surface area contributed by atoms with Gasteiger partial charge in [0.05, 0.1) is 0 Å². The van der Waals surface area contributed by atoms with Crippen LogP contribution in [0.2, 0.25) is 0 Å². The number of rotatable bonds is 3. The quantitative estimate of drug-likeness (QED) is 0.637. The molecule has 0 fully saturated rings. The summed E-state index contributed by atoms with van der Waals surface area (Å²) in [7, 11) is 0. The van der Waals surface area contributed by atoms with Crippen LogP contribution in [-0.4, -0.2) is 10.8 Å². The van der Waals surface area contributed by atoms with E-state index >= 15 is 0 Å². The Morgan fingerprint density at radius 3 is 3.08 bits per heavy atom. The summed E-state index contributed by atoms with van der Waals surface area (Å²) < 4.78 is 0. The molecule has 1 heterocycles. The molecule has 0 unspecified atom stereocenters. The molecular weight excluding hydrogens is 150 g/mol. The number of pyridine rings is 1. The van der Waals surface area contributed by atoms with Gasteiger partial charge in [-0.1, -0.05) is 25.6 Å². The smallest absolute Gasteiger partial charge is 0.181 e. The second-order valence-corrected chi connectivity index (χ2v) is 2.42. The van der Waals surface area contributed by atoms with Crippen molar-refractivity contribution in [2.45, 2.75) is 13.3 Å². The molecule has 0 atom stereocenters. The second-order valence-electron chi connectivity index (χ2n) is 2.42. The molecule has 0 aliphatic heterocycles. The number of hydrogen-bond donors (Lipinski definition) is 0. The molecule has 0 amide bonds. The van der Waals surface area contributed by atoms with Crippen molar-refractivity contribution in [3.05, 3.63) is 36.2 Å². The maximum Gasteiger partial charge on any atom is 0.181 e. The van der Waals surface area contributed by atoms with E-state index in [2.05, 4.69) is 11.6 Å². The summed E-state index contributed by atoms with van der Waals surface area (Å²) in [4.78, 5) is 15.3. The number of Topliss-reactive ketones (excluding diaryl/α,β-unsaturated/α-hetero) is 1. The normalized spacial score (nSPS) is 9.42. The lowest BCUT2D eigenvalue weighted by Gasteiger charge is -2.00. The van der Waals surface area contributed by atoms with E-state index in [-0.39, 0.29) is 5.78 Å². The van der Waals surface area contributed by atoms with E-state index < -0.39 is 0 Å². The van der Waals surface area contributed by atoms with Crippen LogP contribution in [0.25, 0.3) is 6.08 Å². The predicted octanol–water partition coefficient (Wildman–Crippen LogP) is 2.32. The van der Waals surface area contributed by atoms with Crippen molar-refractivity contribution in [2.75, 3.05) is 0 Å². The Morgan fingerprint density at radius 1 is 1.75 bits per heavy atom. The lowest BCUT2D eigenvalue weighted by Crippen LogP contribution is -2.02. The Bertz CT molecular complexity index is 304. The lowest BCUT2D eigenvalue weighted by atomic mass is 10.1. The molecule has 2 nitrogen and oxygen atoms in total. The summed E-state index contributed by atoms with van der Waals surface area (Å²) in [5.74, 6) is 0.0606. The lowest BCUT2D eigenvalue weighted by molar-refractivity contribution is 0.0983. The highest BCUT2D eigenvalue weighted by Gasteiger charge is 2.07. The molecule has 0 N–H and O–H groups in total. The number of carbonyl (C=O) groups is 1. The van der Waals surface area contributed by atoms with Crippen LogP contribution < -0.4 is 0 Å². The molecule has 0 aliphatic rings. The van der Waals surface area contributed by atoms with Crippen LogP contribution in [0.5, 0.6) is 0 Å². The molecule has 2 heteroatoms. The van der Waals surface area contributed by atoms with Gasteiger partial charge in [0.2, 0.25) is 0 Å². The van der Waals surface area contributed by atoms with Crippen molar-refractivity contribution in [3.8, 4) is 0 Å². The first kappa shape index (κ1) is 8.65. The van der Waals surface area contributed by atoms with Gasteiger partial charge in [-0.2, -0.15) is 0 Å². The topological polar surface area (TPSA) is 30.0 Å². The van der Waals surface area contributed by atoms with Gasteiger partial charge < -0.3 is 0 Å². The van der Waals surface area contributed by atoms with Crippen LogP contribution in [0.4, 0.5) is 0 Å². The average Bonchev–Trinajstić information content (AvgIpc) is 2.16. The monoisotopic (exact) mass is 161 g/mol. The van der Waals surface area contributed by atoms with Gasteiger partial charge in [-0.25, -0.2) is 0 Å². The largest absolute Gasteiger partial charge is 0.292 e. The van der Waals surface area contributed by atoms with Gasteiger partial charge in [-0.15, -0.1) is 0 Å². The third kappa shape index (κ3) is 1.59. The van der Waals surface area contributed by atoms with Crippen LogP contribution in [0.15, 0.2) is 24.9 Å². The van der Waals surface area contributed by atoms with Crippen molar-refractivity contribution < 1.29 is 4.79 Å². The molecule has 0 saturated heterocycles. The fourth-order valence-electron chi connectivity index (χ4n) is 0.983. The highest BCUT2D eigenvalue weighted by Crippen LogP contribution is 2.08. The Labute approximate surface area is 71.9 Å². The van der Waals surface area contributed by atoms with E-state index in [1.165, 1.54) is 0 Å². The molecule has 1 aromatic rings. The van der Waals surface area contributed by atoms with Crippen LogP contribution in [0, 0.1) is 0 Å². The number of hydrogen-bond acceptors (Lipinski definition) is 2. The second kappa shape index (κ2) is 3.81. The molecule has 0 aromatic carbocycles. The third-order valence-electron chi connectivity index (χ3n) is 1.64. The first-order valence-electron chi connectivity index (χ1n) is 3.90. The molecule has 0 radical (unpaired) electrons. The molecular formula is C10H11NO. The summed E-state index contributed by atoms with van der Waals surface area (Å²) >= 11 is 0. The summed E-state index contributed by atoms with van der Waals surface area (Å²) in [6.45, 7) is 5.44. The highest BCUT2D eigenvalue weighted by molar-refractivity contribution is 5.97. The van der Waals surface area contributed by atoms with Gasteiger partial charge in [0, 0.05) is 18.2 Å². The first-order chi connectivity index (χ1) is 5.79. The fourth-order valence-corrected chi connectivity index (χ4v) is 0.983. The molecule has 1 aromatic heterocycles. The molecule has 0 spiro atoms. The van der Waals surface area contributed by atoms with Crippen LogP contribution in [0.3, 0.4) is 0 Å². The van der Waals surface area contributed by atoms with E-state index in [9.17, 15) is 4.79 Å². The minimum Gasteiger partial charge on any atom is -0.292 e.